The number of hydrogen-bond acceptors (Lipinski definition) is 4. The van der Waals surface area contributed by atoms with Crippen molar-refractivity contribution in [1.29, 1.82) is 0 Å². The molecule has 0 radical (unpaired) electrons. The van der Waals surface area contributed by atoms with Crippen LogP contribution in [0, 0.1) is 5.41 Å². The van der Waals surface area contributed by atoms with Crippen molar-refractivity contribution < 1.29 is 14.3 Å². The number of halogens is 1. The van der Waals surface area contributed by atoms with Gasteiger partial charge in [-0.05, 0) is 18.2 Å². The van der Waals surface area contributed by atoms with Crippen molar-refractivity contribution in [3.8, 4) is 5.75 Å². The molecule has 1 heterocycles. The lowest BCUT2D eigenvalue weighted by atomic mass is 9.91. The van der Waals surface area contributed by atoms with E-state index in [1.807, 2.05) is 32.9 Å². The molecule has 0 atom stereocenters. The summed E-state index contributed by atoms with van der Waals surface area (Å²) in [7, 11) is 0. The van der Waals surface area contributed by atoms with E-state index in [1.165, 1.54) is 11.8 Å². The van der Waals surface area contributed by atoms with Gasteiger partial charge in [0.25, 0.3) is 0 Å². The van der Waals surface area contributed by atoms with Gasteiger partial charge in [0, 0.05) is 16.5 Å². The van der Waals surface area contributed by atoms with Crippen molar-refractivity contribution >= 4 is 35.1 Å². The maximum atomic E-state index is 12.1. The quantitative estimate of drug-likeness (QED) is 0.756. The molecule has 1 aromatic rings. The van der Waals surface area contributed by atoms with Gasteiger partial charge in [0.1, 0.15) is 12.4 Å². The summed E-state index contributed by atoms with van der Waals surface area (Å²) in [6.45, 7) is 6.33. The van der Waals surface area contributed by atoms with E-state index < -0.39 is 5.41 Å². The lowest BCUT2D eigenvalue weighted by molar-refractivity contribution is -0.125. The standard InChI is InChI=1S/C17H20ClNO3S/c1-17(2,3)14(20)10-16-19(15(21)11-23-16)7-8-22-13-6-4-5-12(18)9-13/h4-6,9-10H,7-8,11H2,1-3H3. The third-order valence-corrected chi connectivity index (χ3v) is 4.54. The van der Waals surface area contributed by atoms with Crippen LogP contribution in [0.1, 0.15) is 20.8 Å². The number of allylic oxidation sites excluding steroid dienone is 1. The third kappa shape index (κ3) is 5.01. The van der Waals surface area contributed by atoms with Crippen molar-refractivity contribution in [2.75, 3.05) is 18.9 Å². The minimum absolute atomic E-state index is 0.00217. The molecule has 2 rings (SSSR count). The Morgan fingerprint density at radius 1 is 1.43 bits per heavy atom. The lowest BCUT2D eigenvalue weighted by Gasteiger charge is -2.19. The van der Waals surface area contributed by atoms with E-state index in [1.54, 1.807) is 23.1 Å². The Bertz CT molecular complexity index is 637. The number of amides is 1. The van der Waals surface area contributed by atoms with Gasteiger partial charge in [0.2, 0.25) is 5.91 Å². The topological polar surface area (TPSA) is 46.6 Å². The SMILES string of the molecule is CC(C)(C)C(=O)C=C1SCC(=O)N1CCOc1cccc(Cl)c1. The first-order chi connectivity index (χ1) is 10.8. The smallest absolute Gasteiger partial charge is 0.237 e. The number of thioether (sulfide) groups is 1. The molecule has 124 valence electrons. The molecule has 0 spiro atoms. The fraction of sp³-hybridized carbons (Fsp3) is 0.412. The van der Waals surface area contributed by atoms with Crippen molar-refractivity contribution in [3.05, 3.63) is 40.4 Å². The summed E-state index contributed by atoms with van der Waals surface area (Å²) in [5, 5.41) is 1.30. The summed E-state index contributed by atoms with van der Waals surface area (Å²) in [5.74, 6) is 1.03. The monoisotopic (exact) mass is 353 g/mol. The normalized spacial score (nSPS) is 17.0. The molecule has 6 heteroatoms. The molecule has 0 aromatic heterocycles. The molecule has 1 aliphatic rings. The summed E-state index contributed by atoms with van der Waals surface area (Å²) in [5.41, 5.74) is -0.456. The maximum absolute atomic E-state index is 12.1. The summed E-state index contributed by atoms with van der Waals surface area (Å²) in [6, 6.07) is 7.12. The minimum Gasteiger partial charge on any atom is -0.492 e. The number of hydrogen-bond donors (Lipinski definition) is 0. The highest BCUT2D eigenvalue weighted by Gasteiger charge is 2.29. The molecule has 0 N–H and O–H groups in total. The predicted octanol–water partition coefficient (Wildman–Crippen LogP) is 3.75. The number of nitrogens with zero attached hydrogens (tertiary/aromatic N) is 1. The van der Waals surface area contributed by atoms with Gasteiger partial charge < -0.3 is 9.64 Å². The zero-order chi connectivity index (χ0) is 17.0. The van der Waals surface area contributed by atoms with Crippen LogP contribution in [-0.4, -0.2) is 35.5 Å². The first-order valence-corrected chi connectivity index (χ1v) is 8.71. The number of rotatable bonds is 5. The van der Waals surface area contributed by atoms with E-state index >= 15 is 0 Å². The molecule has 0 unspecified atom stereocenters. The number of carbonyl (C=O) groups is 2. The second-order valence-corrected chi connectivity index (χ2v) is 7.67. The van der Waals surface area contributed by atoms with Crippen molar-refractivity contribution in [1.82, 2.24) is 4.90 Å². The van der Waals surface area contributed by atoms with Gasteiger partial charge in [-0.2, -0.15) is 0 Å². The van der Waals surface area contributed by atoms with Crippen LogP contribution in [-0.2, 0) is 9.59 Å². The van der Waals surface area contributed by atoms with Gasteiger partial charge in [-0.3, -0.25) is 9.59 Å². The predicted molar refractivity (Wildman–Crippen MR) is 93.7 cm³/mol. The molecule has 0 aliphatic carbocycles. The van der Waals surface area contributed by atoms with Crippen molar-refractivity contribution in [2.45, 2.75) is 20.8 Å². The average molecular weight is 354 g/mol. The van der Waals surface area contributed by atoms with Gasteiger partial charge >= 0.3 is 0 Å². The van der Waals surface area contributed by atoms with Crippen molar-refractivity contribution in [3.63, 3.8) is 0 Å². The van der Waals surface area contributed by atoms with Gasteiger partial charge in [-0.15, -0.1) is 0 Å². The molecule has 1 amide bonds. The molecule has 0 saturated carbocycles. The Labute approximate surface area is 145 Å². The van der Waals surface area contributed by atoms with Crippen LogP contribution in [0.3, 0.4) is 0 Å². The van der Waals surface area contributed by atoms with Gasteiger partial charge in [0.15, 0.2) is 5.78 Å². The zero-order valence-electron chi connectivity index (χ0n) is 13.5. The molecular weight excluding hydrogens is 334 g/mol. The molecule has 0 bridgehead atoms. The second-order valence-electron chi connectivity index (χ2n) is 6.24. The van der Waals surface area contributed by atoms with Crippen molar-refractivity contribution in [2.24, 2.45) is 5.41 Å². The Kier molecular flexibility index (Phi) is 5.76. The Morgan fingerprint density at radius 3 is 2.83 bits per heavy atom. The van der Waals surface area contributed by atoms with Gasteiger partial charge in [-0.25, -0.2) is 0 Å². The van der Waals surface area contributed by atoms with E-state index in [-0.39, 0.29) is 11.7 Å². The van der Waals surface area contributed by atoms with Crippen LogP contribution in [0.5, 0.6) is 5.75 Å². The fourth-order valence-corrected chi connectivity index (χ4v) is 3.06. The number of ketones is 1. The Hall–Kier alpha value is -1.46. The maximum Gasteiger partial charge on any atom is 0.237 e. The first kappa shape index (κ1) is 17.9. The van der Waals surface area contributed by atoms with E-state index in [0.29, 0.717) is 34.7 Å². The largest absolute Gasteiger partial charge is 0.492 e. The summed E-state index contributed by atoms with van der Waals surface area (Å²) in [6.07, 6.45) is 1.56. The molecule has 1 fully saturated rings. The number of ether oxygens (including phenoxy) is 1. The Balaban J connectivity index is 1.98. The highest BCUT2D eigenvalue weighted by molar-refractivity contribution is 8.04. The molecule has 1 aromatic carbocycles. The zero-order valence-corrected chi connectivity index (χ0v) is 15.0. The fourth-order valence-electron chi connectivity index (χ4n) is 1.91. The van der Waals surface area contributed by atoms with E-state index in [0.717, 1.165) is 0 Å². The van der Waals surface area contributed by atoms with Crippen LogP contribution < -0.4 is 4.74 Å². The van der Waals surface area contributed by atoms with Crippen LogP contribution in [0.2, 0.25) is 5.02 Å². The molecule has 1 saturated heterocycles. The van der Waals surface area contributed by atoms with Crippen LogP contribution in [0.25, 0.3) is 0 Å². The number of benzene rings is 1. The molecular formula is C17H20ClNO3S. The minimum atomic E-state index is -0.456. The molecule has 1 aliphatic heterocycles. The molecule has 4 nitrogen and oxygen atoms in total. The summed E-state index contributed by atoms with van der Waals surface area (Å²) in [4.78, 5) is 25.7. The van der Waals surface area contributed by atoms with Crippen LogP contribution in [0.15, 0.2) is 35.4 Å². The third-order valence-electron chi connectivity index (χ3n) is 3.28. The molecule has 23 heavy (non-hydrogen) atoms. The first-order valence-electron chi connectivity index (χ1n) is 7.35. The lowest BCUT2D eigenvalue weighted by Crippen LogP contribution is -2.30. The van der Waals surface area contributed by atoms with E-state index in [4.69, 9.17) is 16.3 Å². The van der Waals surface area contributed by atoms with E-state index in [9.17, 15) is 9.59 Å². The highest BCUT2D eigenvalue weighted by Crippen LogP contribution is 2.30. The summed E-state index contributed by atoms with van der Waals surface area (Å²) < 4.78 is 5.62. The van der Waals surface area contributed by atoms with Crippen LogP contribution in [0.4, 0.5) is 0 Å². The highest BCUT2D eigenvalue weighted by atomic mass is 35.5. The second kappa shape index (κ2) is 7.41. The van der Waals surface area contributed by atoms with E-state index in [2.05, 4.69) is 0 Å². The summed E-state index contributed by atoms with van der Waals surface area (Å²) >= 11 is 7.29. The average Bonchev–Trinajstić information content (AvgIpc) is 2.79. The Morgan fingerprint density at radius 2 is 2.17 bits per heavy atom. The van der Waals surface area contributed by atoms with Gasteiger partial charge in [0.05, 0.1) is 17.3 Å². The van der Waals surface area contributed by atoms with Gasteiger partial charge in [-0.1, -0.05) is 50.2 Å². The van der Waals surface area contributed by atoms with Crippen LogP contribution >= 0.6 is 23.4 Å². The number of carbonyl (C=O) groups excluding carboxylic acids is 2.